The first kappa shape index (κ1) is 12.9. The fraction of sp³-hybridized carbons (Fsp3) is 0.600. The summed E-state index contributed by atoms with van der Waals surface area (Å²) in [6, 6.07) is 0. The van der Waals surface area contributed by atoms with Crippen LogP contribution in [0.15, 0.2) is 15.8 Å². The second kappa shape index (κ2) is 4.63. The molecule has 1 saturated heterocycles. The SMILES string of the molecule is Cc1cn([C@@H]2O[C@H](CO)[C@H](O)[C@@H]2F)c(=O)[nH]c1=O. The van der Waals surface area contributed by atoms with E-state index in [1.54, 1.807) is 0 Å². The minimum Gasteiger partial charge on any atom is -0.394 e. The Kier molecular flexibility index (Phi) is 3.33. The minimum absolute atomic E-state index is 0.215. The van der Waals surface area contributed by atoms with Crippen molar-refractivity contribution in [3.63, 3.8) is 0 Å². The quantitative estimate of drug-likeness (QED) is 0.596. The maximum Gasteiger partial charge on any atom is 0.330 e. The van der Waals surface area contributed by atoms with Gasteiger partial charge in [0.1, 0.15) is 12.2 Å². The summed E-state index contributed by atoms with van der Waals surface area (Å²) in [7, 11) is 0. The average molecular weight is 260 g/mol. The summed E-state index contributed by atoms with van der Waals surface area (Å²) in [5.74, 6) is 0. The third kappa shape index (κ3) is 1.98. The van der Waals surface area contributed by atoms with Crippen molar-refractivity contribution in [3.8, 4) is 0 Å². The molecule has 4 atom stereocenters. The van der Waals surface area contributed by atoms with Gasteiger partial charge in [-0.1, -0.05) is 0 Å². The number of aromatic amines is 1. The highest BCUT2D eigenvalue weighted by Crippen LogP contribution is 2.30. The van der Waals surface area contributed by atoms with Crippen LogP contribution in [0.25, 0.3) is 0 Å². The molecule has 0 aromatic carbocycles. The summed E-state index contributed by atoms with van der Waals surface area (Å²) in [5, 5.41) is 18.3. The molecular formula is C10H13FN2O5. The smallest absolute Gasteiger partial charge is 0.330 e. The van der Waals surface area contributed by atoms with Gasteiger partial charge in [0.05, 0.1) is 6.61 Å². The number of halogens is 1. The monoisotopic (exact) mass is 260 g/mol. The van der Waals surface area contributed by atoms with E-state index >= 15 is 0 Å². The molecule has 1 aliphatic heterocycles. The van der Waals surface area contributed by atoms with Gasteiger partial charge in [-0.2, -0.15) is 0 Å². The molecule has 0 spiro atoms. The first-order valence-corrected chi connectivity index (χ1v) is 5.36. The maximum atomic E-state index is 13.8. The van der Waals surface area contributed by atoms with Crippen LogP contribution in [0.5, 0.6) is 0 Å². The second-order valence-corrected chi connectivity index (χ2v) is 4.16. The van der Waals surface area contributed by atoms with Crippen molar-refractivity contribution >= 4 is 0 Å². The number of ether oxygens (including phenoxy) is 1. The third-order valence-electron chi connectivity index (χ3n) is 2.89. The third-order valence-corrected chi connectivity index (χ3v) is 2.89. The normalized spacial score (nSPS) is 31.8. The number of nitrogens with one attached hydrogen (secondary N) is 1. The van der Waals surface area contributed by atoms with Crippen LogP contribution >= 0.6 is 0 Å². The van der Waals surface area contributed by atoms with Gasteiger partial charge in [-0.15, -0.1) is 0 Å². The Morgan fingerprint density at radius 1 is 1.56 bits per heavy atom. The Morgan fingerprint density at radius 2 is 2.22 bits per heavy atom. The van der Waals surface area contributed by atoms with Crippen LogP contribution in [-0.4, -0.2) is 44.8 Å². The van der Waals surface area contributed by atoms with Crippen LogP contribution in [0.2, 0.25) is 0 Å². The molecular weight excluding hydrogens is 247 g/mol. The molecule has 0 unspecified atom stereocenters. The zero-order valence-corrected chi connectivity index (χ0v) is 9.54. The van der Waals surface area contributed by atoms with Crippen molar-refractivity contribution in [2.45, 2.75) is 31.5 Å². The average Bonchev–Trinajstić information content (AvgIpc) is 2.61. The predicted octanol–water partition coefficient (Wildman–Crippen LogP) is -1.57. The van der Waals surface area contributed by atoms with Crippen LogP contribution in [0, 0.1) is 6.92 Å². The van der Waals surface area contributed by atoms with Crippen LogP contribution in [0.4, 0.5) is 4.39 Å². The summed E-state index contributed by atoms with van der Waals surface area (Å²) in [5.41, 5.74) is -1.18. The molecule has 0 amide bonds. The number of aliphatic hydroxyl groups is 2. The summed E-state index contributed by atoms with van der Waals surface area (Å²) in [6.45, 7) is 0.895. The summed E-state index contributed by atoms with van der Waals surface area (Å²) < 4.78 is 19.7. The van der Waals surface area contributed by atoms with E-state index in [9.17, 15) is 19.1 Å². The molecule has 1 fully saturated rings. The van der Waals surface area contributed by atoms with E-state index in [1.807, 2.05) is 4.98 Å². The van der Waals surface area contributed by atoms with Gasteiger partial charge in [-0.05, 0) is 6.92 Å². The highest BCUT2D eigenvalue weighted by atomic mass is 19.1. The van der Waals surface area contributed by atoms with Crippen molar-refractivity contribution in [2.75, 3.05) is 6.61 Å². The van der Waals surface area contributed by atoms with E-state index in [4.69, 9.17) is 9.84 Å². The number of rotatable bonds is 2. The van der Waals surface area contributed by atoms with E-state index in [0.717, 1.165) is 10.8 Å². The highest BCUT2D eigenvalue weighted by molar-refractivity contribution is 5.03. The van der Waals surface area contributed by atoms with Crippen molar-refractivity contribution in [1.82, 2.24) is 9.55 Å². The van der Waals surface area contributed by atoms with Crippen molar-refractivity contribution in [1.29, 1.82) is 0 Å². The minimum atomic E-state index is -1.86. The van der Waals surface area contributed by atoms with Crippen LogP contribution in [-0.2, 0) is 4.74 Å². The van der Waals surface area contributed by atoms with Crippen molar-refractivity contribution in [2.24, 2.45) is 0 Å². The zero-order chi connectivity index (χ0) is 13.4. The van der Waals surface area contributed by atoms with Gasteiger partial charge in [0.2, 0.25) is 0 Å². The van der Waals surface area contributed by atoms with Crippen molar-refractivity contribution < 1.29 is 19.3 Å². The molecule has 1 aromatic rings. The molecule has 0 saturated carbocycles. The van der Waals surface area contributed by atoms with Crippen LogP contribution in [0.3, 0.4) is 0 Å². The van der Waals surface area contributed by atoms with Gasteiger partial charge in [0, 0.05) is 11.8 Å². The fourth-order valence-corrected chi connectivity index (χ4v) is 1.85. The first-order chi connectivity index (χ1) is 8.45. The molecule has 0 aliphatic carbocycles. The Hall–Kier alpha value is -1.51. The van der Waals surface area contributed by atoms with Gasteiger partial charge in [-0.25, -0.2) is 9.18 Å². The number of aryl methyl sites for hydroxylation is 1. The number of aliphatic hydroxyl groups excluding tert-OH is 2. The Balaban J connectivity index is 2.42. The highest BCUT2D eigenvalue weighted by Gasteiger charge is 2.45. The van der Waals surface area contributed by atoms with E-state index < -0.39 is 42.5 Å². The predicted molar refractivity (Wildman–Crippen MR) is 58.0 cm³/mol. The molecule has 2 rings (SSSR count). The Labute approximate surface area is 100 Å². The van der Waals surface area contributed by atoms with E-state index in [0.29, 0.717) is 0 Å². The van der Waals surface area contributed by atoms with Crippen LogP contribution in [0.1, 0.15) is 11.8 Å². The Morgan fingerprint density at radius 3 is 2.78 bits per heavy atom. The molecule has 8 heteroatoms. The second-order valence-electron chi connectivity index (χ2n) is 4.16. The van der Waals surface area contributed by atoms with Crippen molar-refractivity contribution in [3.05, 3.63) is 32.6 Å². The molecule has 1 aliphatic rings. The number of hydrogen-bond acceptors (Lipinski definition) is 5. The van der Waals surface area contributed by atoms with Gasteiger partial charge < -0.3 is 14.9 Å². The van der Waals surface area contributed by atoms with Gasteiger partial charge in [0.15, 0.2) is 12.4 Å². The lowest BCUT2D eigenvalue weighted by atomic mass is 10.1. The summed E-state index contributed by atoms with van der Waals surface area (Å²) in [4.78, 5) is 24.7. The zero-order valence-electron chi connectivity index (χ0n) is 9.54. The lowest BCUT2D eigenvalue weighted by Crippen LogP contribution is -2.36. The standard InChI is InChI=1S/C10H13FN2O5/c1-4-2-13(10(17)12-8(4)16)9-6(11)7(15)5(3-14)18-9/h2,5-7,9,14-15H,3H2,1H3,(H,12,16,17)/t5-,6+,7+,9-/m1/s1. The fourth-order valence-electron chi connectivity index (χ4n) is 1.85. The molecule has 3 N–H and O–H groups in total. The number of alkyl halides is 1. The largest absolute Gasteiger partial charge is 0.394 e. The van der Waals surface area contributed by atoms with Gasteiger partial charge in [0.25, 0.3) is 5.56 Å². The van der Waals surface area contributed by atoms with Crippen LogP contribution < -0.4 is 11.2 Å². The summed E-state index contributed by atoms with van der Waals surface area (Å²) >= 11 is 0. The molecule has 0 bridgehead atoms. The van der Waals surface area contributed by atoms with E-state index in [1.165, 1.54) is 6.92 Å². The molecule has 100 valence electrons. The molecule has 2 heterocycles. The number of aromatic nitrogens is 2. The number of H-pyrrole nitrogens is 1. The van der Waals surface area contributed by atoms with E-state index in [2.05, 4.69) is 0 Å². The lowest BCUT2D eigenvalue weighted by molar-refractivity contribution is -0.0492. The molecule has 18 heavy (non-hydrogen) atoms. The molecule has 1 aromatic heterocycles. The first-order valence-electron chi connectivity index (χ1n) is 5.36. The van der Waals surface area contributed by atoms with Gasteiger partial charge >= 0.3 is 5.69 Å². The molecule has 7 nitrogen and oxygen atoms in total. The molecule has 0 radical (unpaired) electrons. The summed E-state index contributed by atoms with van der Waals surface area (Å²) in [6.07, 6.45) is -4.67. The van der Waals surface area contributed by atoms with Gasteiger partial charge in [-0.3, -0.25) is 14.3 Å². The number of nitrogens with zero attached hydrogens (tertiary/aromatic N) is 1. The maximum absolute atomic E-state index is 13.8. The lowest BCUT2D eigenvalue weighted by Gasteiger charge is -2.15. The van der Waals surface area contributed by atoms with E-state index in [-0.39, 0.29) is 5.56 Å². The Bertz CT molecular complexity index is 554. The topological polar surface area (TPSA) is 105 Å². The number of hydrogen-bond donors (Lipinski definition) is 3.